The predicted octanol–water partition coefficient (Wildman–Crippen LogP) is 3.92. The maximum Gasteiger partial charge on any atom is 0.133 e. The molecule has 2 aliphatic rings. The molecular weight excluding hydrogens is 228 g/mol. The Kier molecular flexibility index (Phi) is 3.03. The Bertz CT molecular complexity index is 478. The Hall–Kier alpha value is -0.700. The van der Waals surface area contributed by atoms with Gasteiger partial charge in [-0.3, -0.25) is 0 Å². The van der Waals surface area contributed by atoms with Gasteiger partial charge in [-0.25, -0.2) is 4.98 Å². The molecule has 1 heterocycles. The molecule has 2 unspecified atom stereocenters. The van der Waals surface area contributed by atoms with Crippen LogP contribution in [0.4, 0.5) is 0 Å². The summed E-state index contributed by atoms with van der Waals surface area (Å²) in [7, 11) is 0. The van der Waals surface area contributed by atoms with E-state index in [0.717, 1.165) is 17.0 Å². The Balaban J connectivity index is 1.90. The summed E-state index contributed by atoms with van der Waals surface area (Å²) in [5.74, 6) is 2.70. The number of nitrogens with zero attached hydrogens (tertiary/aromatic N) is 1. The molecule has 1 aromatic rings. The Morgan fingerprint density at radius 1 is 1.35 bits per heavy atom. The van der Waals surface area contributed by atoms with Crippen molar-refractivity contribution in [1.82, 2.24) is 9.97 Å². The third kappa shape index (κ3) is 2.05. The van der Waals surface area contributed by atoms with Gasteiger partial charge >= 0.3 is 0 Å². The van der Waals surface area contributed by atoms with Gasteiger partial charge in [0.25, 0.3) is 0 Å². The lowest BCUT2D eigenvalue weighted by atomic mass is 10.0. The van der Waals surface area contributed by atoms with Crippen LogP contribution >= 0.6 is 12.2 Å². The van der Waals surface area contributed by atoms with E-state index in [1.807, 2.05) is 0 Å². The molecule has 2 nitrogen and oxygen atoms in total. The van der Waals surface area contributed by atoms with Gasteiger partial charge in [0.15, 0.2) is 0 Å². The summed E-state index contributed by atoms with van der Waals surface area (Å²) in [5, 5.41) is 0. The lowest BCUT2D eigenvalue weighted by Gasteiger charge is -2.12. The average Bonchev–Trinajstić information content (AvgIpc) is 2.97. The van der Waals surface area contributed by atoms with Crippen LogP contribution < -0.4 is 0 Å². The van der Waals surface area contributed by atoms with Gasteiger partial charge in [-0.15, -0.1) is 0 Å². The van der Waals surface area contributed by atoms with Crippen molar-refractivity contribution in [3.05, 3.63) is 21.7 Å². The summed E-state index contributed by atoms with van der Waals surface area (Å²) in [5.41, 5.74) is 2.69. The average molecular weight is 248 g/mol. The van der Waals surface area contributed by atoms with Crippen LogP contribution in [-0.2, 0) is 12.8 Å². The highest BCUT2D eigenvalue weighted by Gasteiger charge is 2.27. The molecule has 0 amide bonds. The first-order valence-corrected chi connectivity index (χ1v) is 7.30. The number of aromatic amines is 1. The van der Waals surface area contributed by atoms with E-state index < -0.39 is 0 Å². The molecule has 1 aromatic heterocycles. The normalized spacial score (nSPS) is 27.4. The van der Waals surface area contributed by atoms with Crippen LogP contribution in [0.1, 0.15) is 62.0 Å². The second kappa shape index (κ2) is 4.52. The monoisotopic (exact) mass is 248 g/mol. The van der Waals surface area contributed by atoms with Crippen LogP contribution in [0, 0.1) is 10.6 Å². The van der Waals surface area contributed by atoms with E-state index in [-0.39, 0.29) is 0 Å². The predicted molar refractivity (Wildman–Crippen MR) is 71.8 cm³/mol. The van der Waals surface area contributed by atoms with Crippen molar-refractivity contribution in [3.63, 3.8) is 0 Å². The maximum atomic E-state index is 5.43. The van der Waals surface area contributed by atoms with Crippen molar-refractivity contribution < 1.29 is 0 Å². The number of hydrogen-bond acceptors (Lipinski definition) is 2. The smallest absolute Gasteiger partial charge is 0.133 e. The van der Waals surface area contributed by atoms with Crippen molar-refractivity contribution in [2.75, 3.05) is 0 Å². The number of hydrogen-bond donors (Lipinski definition) is 1. The van der Waals surface area contributed by atoms with Gasteiger partial charge in [0.2, 0.25) is 0 Å². The van der Waals surface area contributed by atoms with Crippen molar-refractivity contribution in [2.24, 2.45) is 5.92 Å². The fourth-order valence-electron chi connectivity index (χ4n) is 3.36. The zero-order valence-corrected chi connectivity index (χ0v) is 11.3. The molecule has 1 saturated carbocycles. The second-order valence-corrected chi connectivity index (χ2v) is 5.91. The fraction of sp³-hybridized carbons (Fsp3) is 0.714. The molecule has 17 heavy (non-hydrogen) atoms. The highest BCUT2D eigenvalue weighted by Crippen LogP contribution is 2.38. The third-order valence-electron chi connectivity index (χ3n) is 4.48. The minimum absolute atomic E-state index is 0.632. The molecule has 2 aliphatic carbocycles. The van der Waals surface area contributed by atoms with Crippen LogP contribution in [0.3, 0.4) is 0 Å². The van der Waals surface area contributed by atoms with Crippen molar-refractivity contribution in [1.29, 1.82) is 0 Å². The number of aromatic nitrogens is 2. The van der Waals surface area contributed by atoms with Gasteiger partial charge in [0.1, 0.15) is 10.5 Å². The number of nitrogens with one attached hydrogen (secondary N) is 1. The molecule has 0 radical (unpaired) electrons. The Labute approximate surface area is 108 Å². The molecule has 0 aliphatic heterocycles. The van der Waals surface area contributed by atoms with E-state index in [4.69, 9.17) is 12.2 Å². The van der Waals surface area contributed by atoms with Gasteiger partial charge in [-0.1, -0.05) is 25.6 Å². The first-order chi connectivity index (χ1) is 8.28. The molecule has 0 aromatic carbocycles. The number of aryl methyl sites for hydroxylation is 1. The van der Waals surface area contributed by atoms with Crippen molar-refractivity contribution in [2.45, 2.75) is 57.8 Å². The molecule has 92 valence electrons. The van der Waals surface area contributed by atoms with E-state index in [2.05, 4.69) is 16.9 Å². The van der Waals surface area contributed by atoms with Crippen molar-refractivity contribution >= 4 is 12.2 Å². The lowest BCUT2D eigenvalue weighted by molar-refractivity contribution is 0.516. The summed E-state index contributed by atoms with van der Waals surface area (Å²) in [6, 6.07) is 0. The van der Waals surface area contributed by atoms with E-state index in [1.54, 1.807) is 0 Å². The highest BCUT2D eigenvalue weighted by atomic mass is 32.1. The minimum atomic E-state index is 0.632. The van der Waals surface area contributed by atoms with E-state index in [1.165, 1.54) is 55.6 Å². The largest absolute Gasteiger partial charge is 0.347 e. The fourth-order valence-corrected chi connectivity index (χ4v) is 3.69. The summed E-state index contributed by atoms with van der Waals surface area (Å²) in [6.45, 7) is 2.30. The topological polar surface area (TPSA) is 28.7 Å². The molecule has 1 fully saturated rings. The third-order valence-corrected chi connectivity index (χ3v) is 4.82. The lowest BCUT2D eigenvalue weighted by Crippen LogP contribution is -2.05. The Morgan fingerprint density at radius 3 is 3.00 bits per heavy atom. The molecule has 3 heteroatoms. The van der Waals surface area contributed by atoms with Gasteiger partial charge in [0.05, 0.1) is 0 Å². The zero-order chi connectivity index (χ0) is 11.8. The summed E-state index contributed by atoms with van der Waals surface area (Å²) in [4.78, 5) is 8.23. The quantitative estimate of drug-likeness (QED) is 0.804. The van der Waals surface area contributed by atoms with E-state index in [0.29, 0.717) is 5.92 Å². The SMILES string of the molecule is CCC1CCC(c2nc(=S)c3c([nH]2)CCC3)C1. The molecule has 0 spiro atoms. The van der Waals surface area contributed by atoms with Crippen molar-refractivity contribution in [3.8, 4) is 0 Å². The first-order valence-electron chi connectivity index (χ1n) is 6.90. The van der Waals surface area contributed by atoms with Crippen LogP contribution in [0.15, 0.2) is 0 Å². The number of H-pyrrole nitrogens is 1. The van der Waals surface area contributed by atoms with Gasteiger partial charge in [-0.05, 0) is 44.4 Å². The summed E-state index contributed by atoms with van der Waals surface area (Å²) in [6.07, 6.45) is 8.79. The number of fused-ring (bicyclic) bond motifs is 1. The summed E-state index contributed by atoms with van der Waals surface area (Å²) >= 11 is 5.43. The van der Waals surface area contributed by atoms with Gasteiger partial charge in [0, 0.05) is 17.2 Å². The van der Waals surface area contributed by atoms with E-state index >= 15 is 0 Å². The molecule has 1 N–H and O–H groups in total. The molecule has 0 saturated heterocycles. The van der Waals surface area contributed by atoms with Gasteiger partial charge < -0.3 is 4.98 Å². The van der Waals surface area contributed by atoms with Gasteiger partial charge in [-0.2, -0.15) is 0 Å². The Morgan fingerprint density at radius 2 is 2.24 bits per heavy atom. The van der Waals surface area contributed by atoms with Crippen LogP contribution in [0.2, 0.25) is 0 Å². The second-order valence-electron chi connectivity index (χ2n) is 5.52. The zero-order valence-electron chi connectivity index (χ0n) is 10.5. The highest BCUT2D eigenvalue weighted by molar-refractivity contribution is 7.71. The van der Waals surface area contributed by atoms with Crippen LogP contribution in [0.5, 0.6) is 0 Å². The van der Waals surface area contributed by atoms with Crippen LogP contribution in [0.25, 0.3) is 0 Å². The number of rotatable bonds is 2. The summed E-state index contributed by atoms with van der Waals surface area (Å²) < 4.78 is 0.867. The minimum Gasteiger partial charge on any atom is -0.347 e. The van der Waals surface area contributed by atoms with E-state index in [9.17, 15) is 0 Å². The molecule has 2 atom stereocenters. The molecule has 3 rings (SSSR count). The molecule has 0 bridgehead atoms. The maximum absolute atomic E-state index is 5.43. The first kappa shape index (κ1) is 11.4. The standard InChI is InChI=1S/C14H20N2S/c1-2-9-6-7-10(8-9)13-15-12-5-3-4-11(12)14(17)16-13/h9-10H,2-8H2,1H3,(H,15,16,17). The van der Waals surface area contributed by atoms with Crippen LogP contribution in [-0.4, -0.2) is 9.97 Å². The molecular formula is C14H20N2S.